The summed E-state index contributed by atoms with van der Waals surface area (Å²) in [5, 5.41) is 0. The second kappa shape index (κ2) is 12.2. The Morgan fingerprint density at radius 1 is 1.03 bits per heavy atom. The van der Waals surface area contributed by atoms with E-state index in [-0.39, 0.29) is 37.3 Å². The molecule has 0 aliphatic carbocycles. The molecule has 32 heavy (non-hydrogen) atoms. The molecule has 0 amide bonds. The lowest BCUT2D eigenvalue weighted by molar-refractivity contribution is -0.178. The highest BCUT2D eigenvalue weighted by molar-refractivity contribution is 7.86. The monoisotopic (exact) mass is 481 g/mol. The average Bonchev–Trinajstić information content (AvgIpc) is 2.77. The maximum atomic E-state index is 13.0. The van der Waals surface area contributed by atoms with Crippen LogP contribution >= 0.6 is 8.46 Å². The molecular formula is C23H30O7PS+. The Hall–Kier alpha value is -2.12. The first-order valence-corrected chi connectivity index (χ1v) is 13.0. The predicted octanol–water partition coefficient (Wildman–Crippen LogP) is 3.92. The van der Waals surface area contributed by atoms with Gasteiger partial charge in [0.15, 0.2) is 6.16 Å². The van der Waals surface area contributed by atoms with Crippen LogP contribution in [0.1, 0.15) is 25.0 Å². The van der Waals surface area contributed by atoms with Gasteiger partial charge in [-0.3, -0.25) is 4.18 Å². The molecule has 2 aromatic rings. The Morgan fingerprint density at radius 2 is 1.69 bits per heavy atom. The fourth-order valence-electron chi connectivity index (χ4n) is 3.43. The van der Waals surface area contributed by atoms with Gasteiger partial charge in [-0.2, -0.15) is 8.42 Å². The fourth-order valence-corrected chi connectivity index (χ4v) is 5.13. The minimum atomic E-state index is -4.08. The molecular weight excluding hydrogens is 451 g/mol. The summed E-state index contributed by atoms with van der Waals surface area (Å²) in [6, 6.07) is 15.6. The zero-order chi connectivity index (χ0) is 23.6. The molecule has 2 aromatic carbocycles. The molecule has 0 aliphatic rings. The molecule has 0 saturated carbocycles. The number of benzene rings is 2. The van der Waals surface area contributed by atoms with Crippen LogP contribution in [0, 0.1) is 12.8 Å². The molecule has 0 aromatic heterocycles. The lowest BCUT2D eigenvalue weighted by Crippen LogP contribution is -2.53. The molecule has 0 spiro atoms. The van der Waals surface area contributed by atoms with E-state index in [1.54, 1.807) is 26.0 Å². The summed E-state index contributed by atoms with van der Waals surface area (Å²) in [5.41, 5.74) is 0.167. The summed E-state index contributed by atoms with van der Waals surface area (Å²) in [6.07, 6.45) is 0.138. The van der Waals surface area contributed by atoms with E-state index in [0.717, 1.165) is 11.1 Å². The molecule has 0 saturated heterocycles. The third-order valence-corrected chi connectivity index (χ3v) is 7.04. The van der Waals surface area contributed by atoms with E-state index in [9.17, 15) is 17.8 Å². The standard InChI is InChI=1S/C23H29O7PS/c1-4-28-22(24)23(17-31-25,29-5-2)20(15-19-9-7-6-8-10-19)16-30-32(26,27)21-13-11-18(3)12-14-21/h6-14,20H,4-5,15-17H2,1-3H3/p+1. The Bertz CT molecular complexity index is 977. The molecule has 2 rings (SSSR count). The van der Waals surface area contributed by atoms with E-state index in [1.165, 1.54) is 12.1 Å². The first kappa shape index (κ1) is 26.1. The normalized spacial score (nSPS) is 14.6. The number of carbonyl (C=O) groups is 1. The molecule has 7 nitrogen and oxygen atoms in total. The quantitative estimate of drug-likeness (QED) is 0.243. The summed E-state index contributed by atoms with van der Waals surface area (Å²) < 4.78 is 53.8. The zero-order valence-electron chi connectivity index (χ0n) is 18.6. The van der Waals surface area contributed by atoms with E-state index < -0.39 is 36.1 Å². The Kier molecular flexibility index (Phi) is 9.97. The molecule has 174 valence electrons. The van der Waals surface area contributed by atoms with Crippen molar-refractivity contribution in [3.05, 3.63) is 65.7 Å². The number of esters is 1. The predicted molar refractivity (Wildman–Crippen MR) is 123 cm³/mol. The first-order chi connectivity index (χ1) is 15.3. The zero-order valence-corrected chi connectivity index (χ0v) is 20.4. The maximum Gasteiger partial charge on any atom is 0.343 e. The Labute approximate surface area is 191 Å². The van der Waals surface area contributed by atoms with E-state index >= 15 is 0 Å². The van der Waals surface area contributed by atoms with Crippen LogP contribution in [0.5, 0.6) is 0 Å². The fraction of sp³-hybridized carbons (Fsp3) is 0.435. The van der Waals surface area contributed by atoms with Crippen molar-refractivity contribution in [1.29, 1.82) is 0 Å². The van der Waals surface area contributed by atoms with Crippen LogP contribution in [-0.4, -0.2) is 46.0 Å². The van der Waals surface area contributed by atoms with Gasteiger partial charge in [0.2, 0.25) is 5.60 Å². The van der Waals surface area contributed by atoms with E-state index in [2.05, 4.69) is 0 Å². The molecule has 3 unspecified atom stereocenters. The van der Waals surface area contributed by atoms with Gasteiger partial charge in [-0.05, 0) is 44.9 Å². The first-order valence-electron chi connectivity index (χ1n) is 10.4. The number of hydrogen-bond acceptors (Lipinski definition) is 7. The van der Waals surface area contributed by atoms with Crippen LogP contribution in [0.15, 0.2) is 59.5 Å². The number of ether oxygens (including phenoxy) is 2. The Morgan fingerprint density at radius 3 is 2.25 bits per heavy atom. The van der Waals surface area contributed by atoms with Crippen molar-refractivity contribution in [3.8, 4) is 0 Å². The summed E-state index contributed by atoms with van der Waals surface area (Å²) in [4.78, 5) is 13.0. The second-order valence-corrected chi connectivity index (χ2v) is 9.56. The van der Waals surface area contributed by atoms with Gasteiger partial charge in [-0.1, -0.05) is 52.6 Å². The van der Waals surface area contributed by atoms with E-state index in [4.69, 9.17) is 13.7 Å². The van der Waals surface area contributed by atoms with Crippen molar-refractivity contribution in [3.63, 3.8) is 0 Å². The van der Waals surface area contributed by atoms with Crippen molar-refractivity contribution in [2.24, 2.45) is 5.92 Å². The third kappa shape index (κ3) is 6.69. The molecule has 3 atom stereocenters. The third-order valence-electron chi connectivity index (χ3n) is 5.08. The summed E-state index contributed by atoms with van der Waals surface area (Å²) in [7, 11) is -4.92. The number of aryl methyl sites for hydroxylation is 1. The van der Waals surface area contributed by atoms with Crippen LogP contribution in [0.4, 0.5) is 0 Å². The molecule has 9 heteroatoms. The van der Waals surface area contributed by atoms with Crippen molar-refractivity contribution >= 4 is 24.5 Å². The summed E-state index contributed by atoms with van der Waals surface area (Å²) in [5.74, 6) is -1.44. The molecule has 0 radical (unpaired) electrons. The molecule has 0 fully saturated rings. The lowest BCUT2D eigenvalue weighted by atomic mass is 9.84. The van der Waals surface area contributed by atoms with Crippen LogP contribution in [0.25, 0.3) is 0 Å². The van der Waals surface area contributed by atoms with E-state index in [0.29, 0.717) is 0 Å². The highest BCUT2D eigenvalue weighted by Crippen LogP contribution is 2.32. The van der Waals surface area contributed by atoms with Crippen molar-refractivity contribution in [1.82, 2.24) is 0 Å². The van der Waals surface area contributed by atoms with Crippen LogP contribution < -0.4 is 0 Å². The maximum absolute atomic E-state index is 13.0. The Balaban J connectivity index is 2.43. The van der Waals surface area contributed by atoms with Gasteiger partial charge in [-0.25, -0.2) is 4.79 Å². The number of hydrogen-bond donors (Lipinski definition) is 0. The van der Waals surface area contributed by atoms with Gasteiger partial charge < -0.3 is 9.47 Å². The number of rotatable bonds is 13. The highest BCUT2D eigenvalue weighted by atomic mass is 32.2. The smallest absolute Gasteiger partial charge is 0.343 e. The topological polar surface area (TPSA) is 96.0 Å². The van der Waals surface area contributed by atoms with Gasteiger partial charge >= 0.3 is 14.4 Å². The van der Waals surface area contributed by atoms with Crippen molar-refractivity contribution in [2.45, 2.75) is 37.7 Å². The second-order valence-electron chi connectivity index (χ2n) is 7.30. The summed E-state index contributed by atoms with van der Waals surface area (Å²) in [6.45, 7) is 5.15. The average molecular weight is 482 g/mol. The van der Waals surface area contributed by atoms with E-state index in [1.807, 2.05) is 37.3 Å². The number of carbonyl (C=O) groups excluding carboxylic acids is 1. The molecule has 0 heterocycles. The molecule has 0 N–H and O–H groups in total. The van der Waals surface area contributed by atoms with Gasteiger partial charge in [0, 0.05) is 12.5 Å². The largest absolute Gasteiger partial charge is 0.464 e. The lowest BCUT2D eigenvalue weighted by Gasteiger charge is -2.34. The van der Waals surface area contributed by atoms with Gasteiger partial charge in [0.05, 0.1) is 18.1 Å². The van der Waals surface area contributed by atoms with Gasteiger partial charge in [-0.15, -0.1) is 0 Å². The minimum Gasteiger partial charge on any atom is -0.464 e. The van der Waals surface area contributed by atoms with Gasteiger partial charge in [0.1, 0.15) is 0 Å². The highest BCUT2D eigenvalue weighted by Gasteiger charge is 2.51. The SMILES string of the molecule is CCOC(=O)C(C[PH+]=O)(OCC)C(COS(=O)(=O)c1ccc(C)cc1)Cc1ccccc1. The van der Waals surface area contributed by atoms with Crippen LogP contribution in [0.2, 0.25) is 0 Å². The van der Waals surface area contributed by atoms with Crippen LogP contribution in [0.3, 0.4) is 0 Å². The van der Waals surface area contributed by atoms with Crippen molar-refractivity contribution < 1.29 is 31.4 Å². The molecule has 0 aliphatic heterocycles. The van der Waals surface area contributed by atoms with Gasteiger partial charge in [0.25, 0.3) is 10.1 Å². The van der Waals surface area contributed by atoms with Crippen molar-refractivity contribution in [2.75, 3.05) is 26.0 Å². The summed E-state index contributed by atoms with van der Waals surface area (Å²) >= 11 is 0. The minimum absolute atomic E-state index is 0.0189. The van der Waals surface area contributed by atoms with Crippen LogP contribution in [-0.2, 0) is 39.6 Å². The molecule has 0 bridgehead atoms.